The molecule has 28 heavy (non-hydrogen) atoms. The fraction of sp³-hybridized carbons (Fsp3) is 0. The van der Waals surface area contributed by atoms with Crippen molar-refractivity contribution in [3.8, 4) is 16.9 Å². The predicted octanol–water partition coefficient (Wildman–Crippen LogP) is 5.94. The van der Waals surface area contributed by atoms with Crippen molar-refractivity contribution in [2.24, 2.45) is 0 Å². The zero-order valence-corrected chi connectivity index (χ0v) is 17.2. The Kier molecular flexibility index (Phi) is 5.19. The largest absolute Gasteiger partial charge is 0.463 e. The molecule has 0 saturated heterocycles. The summed E-state index contributed by atoms with van der Waals surface area (Å²) in [5, 5.41) is 0.851. The van der Waals surface area contributed by atoms with Gasteiger partial charge >= 0.3 is 5.97 Å². The minimum absolute atomic E-state index is 0.204. The van der Waals surface area contributed by atoms with E-state index in [0.29, 0.717) is 38.4 Å². The molecule has 1 heterocycles. The summed E-state index contributed by atoms with van der Waals surface area (Å²) in [6.45, 7) is 0. The quantitative estimate of drug-likeness (QED) is 0.198. The number of rotatable bonds is 3. The van der Waals surface area contributed by atoms with E-state index >= 15 is 0 Å². The highest BCUT2D eigenvalue weighted by atomic mass is 127. The normalized spacial score (nSPS) is 10.8. The van der Waals surface area contributed by atoms with Crippen molar-refractivity contribution in [1.82, 2.24) is 0 Å². The third kappa shape index (κ3) is 3.55. The van der Waals surface area contributed by atoms with Crippen molar-refractivity contribution in [2.45, 2.75) is 0 Å². The van der Waals surface area contributed by atoms with Crippen molar-refractivity contribution in [3.63, 3.8) is 0 Å². The lowest BCUT2D eigenvalue weighted by Gasteiger charge is -2.08. The number of esters is 1. The molecule has 0 atom stereocenters. The van der Waals surface area contributed by atoms with Gasteiger partial charge in [-0.2, -0.15) is 0 Å². The second-order valence-electron chi connectivity index (χ2n) is 5.99. The van der Waals surface area contributed by atoms with E-state index in [1.165, 1.54) is 12.3 Å². The molecular formula is C22H12ClIO4. The molecule has 6 heteroatoms. The maximum Gasteiger partial charge on any atom is 0.344 e. The maximum absolute atomic E-state index is 12.9. The van der Waals surface area contributed by atoms with Crippen LogP contribution < -0.4 is 10.2 Å². The lowest BCUT2D eigenvalue weighted by Crippen LogP contribution is -2.10. The van der Waals surface area contributed by atoms with Crippen molar-refractivity contribution in [1.29, 1.82) is 0 Å². The Morgan fingerprint density at radius 2 is 1.71 bits per heavy atom. The van der Waals surface area contributed by atoms with Crippen LogP contribution >= 0.6 is 34.2 Å². The molecule has 0 fully saturated rings. The van der Waals surface area contributed by atoms with Crippen LogP contribution in [0.15, 0.2) is 82.2 Å². The molecule has 0 aliphatic rings. The molecule has 1 aromatic heterocycles. The number of benzene rings is 3. The zero-order valence-electron chi connectivity index (χ0n) is 14.3. The van der Waals surface area contributed by atoms with Crippen LogP contribution in [-0.2, 0) is 0 Å². The fourth-order valence-electron chi connectivity index (χ4n) is 2.83. The van der Waals surface area contributed by atoms with Crippen LogP contribution in [0.4, 0.5) is 0 Å². The first-order valence-electron chi connectivity index (χ1n) is 8.32. The van der Waals surface area contributed by atoms with E-state index < -0.39 is 5.97 Å². The molecule has 4 rings (SSSR count). The number of halogens is 2. The third-order valence-electron chi connectivity index (χ3n) is 4.21. The first-order valence-corrected chi connectivity index (χ1v) is 9.77. The SMILES string of the molecule is O=C(Oc1ccc2c(=O)c(-c3ccccc3Cl)coc2c1)c1ccccc1I. The predicted molar refractivity (Wildman–Crippen MR) is 117 cm³/mol. The second-order valence-corrected chi connectivity index (χ2v) is 7.56. The van der Waals surface area contributed by atoms with Crippen LogP contribution in [0.3, 0.4) is 0 Å². The van der Waals surface area contributed by atoms with Gasteiger partial charge < -0.3 is 9.15 Å². The molecule has 0 radical (unpaired) electrons. The Labute approximate surface area is 178 Å². The highest BCUT2D eigenvalue weighted by Gasteiger charge is 2.15. The highest BCUT2D eigenvalue weighted by molar-refractivity contribution is 14.1. The van der Waals surface area contributed by atoms with Crippen molar-refractivity contribution < 1.29 is 13.9 Å². The molecule has 3 aromatic carbocycles. The Bertz CT molecular complexity index is 1260. The summed E-state index contributed by atoms with van der Waals surface area (Å²) in [5.41, 5.74) is 1.58. The van der Waals surface area contributed by atoms with E-state index in [1.54, 1.807) is 48.5 Å². The number of ether oxygens (including phenoxy) is 1. The smallest absolute Gasteiger partial charge is 0.344 e. The monoisotopic (exact) mass is 502 g/mol. The van der Waals surface area contributed by atoms with Gasteiger partial charge in [0.15, 0.2) is 0 Å². The van der Waals surface area contributed by atoms with Gasteiger partial charge in [0.05, 0.1) is 16.5 Å². The zero-order chi connectivity index (χ0) is 19.7. The number of hydrogen-bond donors (Lipinski definition) is 0. The van der Waals surface area contributed by atoms with Gasteiger partial charge in [-0.1, -0.05) is 41.9 Å². The molecular weight excluding hydrogens is 491 g/mol. The first kappa shape index (κ1) is 18.7. The molecule has 0 N–H and O–H groups in total. The van der Waals surface area contributed by atoms with E-state index in [0.717, 1.165) is 3.57 Å². The first-order chi connectivity index (χ1) is 13.5. The Morgan fingerprint density at radius 1 is 0.964 bits per heavy atom. The summed E-state index contributed by atoms with van der Waals surface area (Å²) in [6.07, 6.45) is 1.37. The molecule has 0 aliphatic carbocycles. The van der Waals surface area contributed by atoms with Gasteiger partial charge in [0.2, 0.25) is 5.43 Å². The molecule has 138 valence electrons. The fourth-order valence-corrected chi connectivity index (χ4v) is 3.67. The Hall–Kier alpha value is -2.64. The van der Waals surface area contributed by atoms with E-state index in [-0.39, 0.29) is 5.43 Å². The average molecular weight is 503 g/mol. The lowest BCUT2D eigenvalue weighted by atomic mass is 10.1. The van der Waals surface area contributed by atoms with Crippen LogP contribution in [0.25, 0.3) is 22.1 Å². The Morgan fingerprint density at radius 3 is 2.50 bits per heavy atom. The summed E-state index contributed by atoms with van der Waals surface area (Å²) >= 11 is 8.27. The summed E-state index contributed by atoms with van der Waals surface area (Å²) in [4.78, 5) is 25.2. The topological polar surface area (TPSA) is 56.5 Å². The van der Waals surface area contributed by atoms with E-state index in [1.807, 2.05) is 12.1 Å². The molecule has 4 nitrogen and oxygen atoms in total. The third-order valence-corrected chi connectivity index (χ3v) is 5.48. The minimum atomic E-state index is -0.473. The molecule has 0 aliphatic heterocycles. The average Bonchev–Trinajstić information content (AvgIpc) is 2.69. The summed E-state index contributed by atoms with van der Waals surface area (Å²) in [7, 11) is 0. The molecule has 0 spiro atoms. The Balaban J connectivity index is 1.70. The van der Waals surface area contributed by atoms with Crippen molar-refractivity contribution in [3.05, 3.63) is 97.4 Å². The number of carbonyl (C=O) groups excluding carboxylic acids is 1. The van der Waals surface area contributed by atoms with Gasteiger partial charge in [0.25, 0.3) is 0 Å². The van der Waals surface area contributed by atoms with Gasteiger partial charge in [-0.05, 0) is 52.9 Å². The van der Waals surface area contributed by atoms with Crippen LogP contribution in [0, 0.1) is 3.57 Å². The summed E-state index contributed by atoms with van der Waals surface area (Å²) in [5.74, 6) is -0.176. The maximum atomic E-state index is 12.9. The second kappa shape index (κ2) is 7.77. The van der Waals surface area contributed by atoms with Crippen LogP contribution in [0.5, 0.6) is 5.75 Å². The van der Waals surface area contributed by atoms with E-state index in [9.17, 15) is 9.59 Å². The van der Waals surface area contributed by atoms with E-state index in [4.69, 9.17) is 20.8 Å². The van der Waals surface area contributed by atoms with Gasteiger partial charge in [-0.25, -0.2) is 4.79 Å². The van der Waals surface area contributed by atoms with E-state index in [2.05, 4.69) is 22.6 Å². The van der Waals surface area contributed by atoms with Crippen LogP contribution in [0.1, 0.15) is 10.4 Å². The lowest BCUT2D eigenvalue weighted by molar-refractivity contribution is 0.0734. The van der Waals surface area contributed by atoms with Gasteiger partial charge in [0, 0.05) is 20.2 Å². The van der Waals surface area contributed by atoms with Gasteiger partial charge in [-0.3, -0.25) is 4.79 Å². The number of carbonyl (C=O) groups is 1. The van der Waals surface area contributed by atoms with Crippen LogP contribution in [-0.4, -0.2) is 5.97 Å². The van der Waals surface area contributed by atoms with Gasteiger partial charge in [-0.15, -0.1) is 0 Å². The molecule has 4 aromatic rings. The molecule has 0 unspecified atom stereocenters. The van der Waals surface area contributed by atoms with Gasteiger partial charge in [0.1, 0.15) is 17.6 Å². The molecule has 0 saturated carbocycles. The number of fused-ring (bicyclic) bond motifs is 1. The van der Waals surface area contributed by atoms with Crippen LogP contribution in [0.2, 0.25) is 5.02 Å². The highest BCUT2D eigenvalue weighted by Crippen LogP contribution is 2.28. The summed E-state index contributed by atoms with van der Waals surface area (Å²) < 4.78 is 11.9. The number of hydrogen-bond acceptors (Lipinski definition) is 4. The standard InChI is InChI=1S/C22H12ClIO4/c23-18-7-3-1-5-14(18)17-12-27-20-11-13(9-10-16(20)21(17)25)28-22(26)15-6-2-4-8-19(15)24/h1-12H. The minimum Gasteiger partial charge on any atom is -0.463 e. The van der Waals surface area contributed by atoms with Crippen molar-refractivity contribution >= 4 is 51.1 Å². The van der Waals surface area contributed by atoms with Crippen molar-refractivity contribution in [2.75, 3.05) is 0 Å². The molecule has 0 bridgehead atoms. The summed E-state index contributed by atoms with van der Waals surface area (Å²) in [6, 6.07) is 18.9. The molecule has 0 amide bonds.